The topological polar surface area (TPSA) is 70.1 Å². The van der Waals surface area contributed by atoms with Crippen LogP contribution in [0.25, 0.3) is 0 Å². The Hall–Kier alpha value is -2.16. The summed E-state index contributed by atoms with van der Waals surface area (Å²) in [7, 11) is 3.18. The van der Waals surface area contributed by atoms with E-state index in [1.807, 2.05) is 23.1 Å². The van der Waals surface area contributed by atoms with Gasteiger partial charge in [0.05, 0.1) is 44.3 Å². The quantitative estimate of drug-likeness (QED) is 0.586. The molecule has 1 saturated heterocycles. The molecule has 2 aromatic rings. The van der Waals surface area contributed by atoms with E-state index in [4.69, 9.17) is 30.5 Å². The maximum absolute atomic E-state index is 12.6. The van der Waals surface area contributed by atoms with Crippen LogP contribution in [0.15, 0.2) is 41.6 Å². The third-order valence-corrected chi connectivity index (χ3v) is 5.51. The van der Waals surface area contributed by atoms with Gasteiger partial charge < -0.3 is 23.8 Å². The lowest BCUT2D eigenvalue weighted by Gasteiger charge is -2.32. The van der Waals surface area contributed by atoms with Crippen molar-refractivity contribution in [1.82, 2.24) is 9.88 Å². The minimum Gasteiger partial charge on any atom is -0.493 e. The average molecular weight is 439 g/mol. The van der Waals surface area contributed by atoms with Gasteiger partial charge in [-0.1, -0.05) is 11.6 Å². The first-order valence-electron chi connectivity index (χ1n) is 9.06. The Morgan fingerprint density at radius 2 is 2.10 bits per heavy atom. The number of pyridine rings is 1. The lowest BCUT2D eigenvalue weighted by Crippen LogP contribution is -2.48. The van der Waals surface area contributed by atoms with E-state index in [1.54, 1.807) is 32.7 Å². The Bertz CT molecular complexity index is 838. The third-order valence-electron chi connectivity index (χ3n) is 4.32. The molecule has 29 heavy (non-hydrogen) atoms. The van der Waals surface area contributed by atoms with Crippen LogP contribution in [0.3, 0.4) is 0 Å². The van der Waals surface area contributed by atoms with Crippen LogP contribution in [-0.4, -0.2) is 68.2 Å². The van der Waals surface area contributed by atoms with Gasteiger partial charge in [-0.05, 0) is 18.2 Å². The summed E-state index contributed by atoms with van der Waals surface area (Å²) in [5.41, 5.74) is 0. The normalized spacial score (nSPS) is 16.4. The van der Waals surface area contributed by atoms with Crippen LogP contribution in [0.2, 0.25) is 5.02 Å². The first-order chi connectivity index (χ1) is 14.1. The van der Waals surface area contributed by atoms with Crippen LogP contribution >= 0.6 is 23.4 Å². The number of aromatic nitrogens is 1. The highest BCUT2D eigenvalue weighted by Gasteiger charge is 2.25. The molecule has 1 amide bonds. The second kappa shape index (κ2) is 10.6. The molecule has 1 unspecified atom stereocenters. The van der Waals surface area contributed by atoms with E-state index in [9.17, 15) is 4.79 Å². The van der Waals surface area contributed by atoms with E-state index >= 15 is 0 Å². The number of rotatable bonds is 8. The predicted octanol–water partition coefficient (Wildman–Crippen LogP) is 3.15. The molecular weight excluding hydrogens is 416 g/mol. The van der Waals surface area contributed by atoms with Crippen LogP contribution in [0.5, 0.6) is 17.2 Å². The number of nitrogens with zero attached hydrogens (tertiary/aromatic N) is 2. The van der Waals surface area contributed by atoms with Gasteiger partial charge in [0.1, 0.15) is 18.5 Å². The van der Waals surface area contributed by atoms with Crippen molar-refractivity contribution in [2.75, 3.05) is 46.3 Å². The Kier molecular flexibility index (Phi) is 7.85. The largest absolute Gasteiger partial charge is 0.493 e. The molecule has 0 N–H and O–H groups in total. The molecule has 1 aliphatic rings. The standard InChI is InChI=1S/C20H23ClN2O5S/c1-25-18-4-3-17(8-19(18)26-2)29-13-20(24)23-5-6-27-16(11-23)12-28-15-7-14(21)9-22-10-15/h3-4,7-10,16H,5-6,11-13H2,1-2H3. The highest BCUT2D eigenvalue weighted by atomic mass is 35.5. The summed E-state index contributed by atoms with van der Waals surface area (Å²) in [6.07, 6.45) is 2.94. The highest BCUT2D eigenvalue weighted by molar-refractivity contribution is 8.00. The van der Waals surface area contributed by atoms with Gasteiger partial charge in [0.15, 0.2) is 11.5 Å². The molecule has 0 bridgehead atoms. The average Bonchev–Trinajstić information content (AvgIpc) is 2.76. The van der Waals surface area contributed by atoms with Gasteiger partial charge in [-0.25, -0.2) is 0 Å². The van der Waals surface area contributed by atoms with E-state index in [2.05, 4.69) is 4.98 Å². The van der Waals surface area contributed by atoms with Crippen LogP contribution in [0.4, 0.5) is 0 Å². The highest BCUT2D eigenvalue weighted by Crippen LogP contribution is 2.32. The predicted molar refractivity (Wildman–Crippen MR) is 111 cm³/mol. The second-order valence-electron chi connectivity index (χ2n) is 6.29. The maximum Gasteiger partial charge on any atom is 0.233 e. The van der Waals surface area contributed by atoms with Crippen molar-refractivity contribution in [3.63, 3.8) is 0 Å². The van der Waals surface area contributed by atoms with E-state index in [1.165, 1.54) is 11.8 Å². The zero-order valence-electron chi connectivity index (χ0n) is 16.3. The molecule has 1 fully saturated rings. The van der Waals surface area contributed by atoms with Crippen molar-refractivity contribution in [2.45, 2.75) is 11.0 Å². The molecule has 1 aliphatic heterocycles. The van der Waals surface area contributed by atoms with Crippen molar-refractivity contribution in [3.8, 4) is 17.2 Å². The van der Waals surface area contributed by atoms with Gasteiger partial charge in [-0.2, -0.15) is 0 Å². The molecule has 0 saturated carbocycles. The van der Waals surface area contributed by atoms with Crippen LogP contribution in [0, 0.1) is 0 Å². The number of thioether (sulfide) groups is 1. The van der Waals surface area contributed by atoms with Gasteiger partial charge in [0, 0.05) is 23.7 Å². The van der Waals surface area contributed by atoms with Gasteiger partial charge >= 0.3 is 0 Å². The zero-order chi connectivity index (χ0) is 20.6. The number of benzene rings is 1. The smallest absolute Gasteiger partial charge is 0.233 e. The number of hydrogen-bond donors (Lipinski definition) is 0. The Morgan fingerprint density at radius 3 is 2.86 bits per heavy atom. The Morgan fingerprint density at radius 1 is 1.28 bits per heavy atom. The molecule has 7 nitrogen and oxygen atoms in total. The summed E-state index contributed by atoms with van der Waals surface area (Å²) >= 11 is 7.37. The molecule has 1 atom stereocenters. The summed E-state index contributed by atoms with van der Waals surface area (Å²) < 4.78 is 22.0. The van der Waals surface area contributed by atoms with Gasteiger partial charge in [0.2, 0.25) is 5.91 Å². The fourth-order valence-corrected chi connectivity index (χ4v) is 3.84. The lowest BCUT2D eigenvalue weighted by molar-refractivity contribution is -0.137. The van der Waals surface area contributed by atoms with Gasteiger partial charge in [0.25, 0.3) is 0 Å². The number of hydrogen-bond acceptors (Lipinski definition) is 7. The Balaban J connectivity index is 1.49. The zero-order valence-corrected chi connectivity index (χ0v) is 17.9. The molecule has 1 aromatic carbocycles. The van der Waals surface area contributed by atoms with E-state index in [0.29, 0.717) is 54.3 Å². The van der Waals surface area contributed by atoms with Gasteiger partial charge in [-0.15, -0.1) is 11.8 Å². The van der Waals surface area contributed by atoms with Crippen molar-refractivity contribution in [2.24, 2.45) is 0 Å². The minimum atomic E-state index is -0.197. The monoisotopic (exact) mass is 438 g/mol. The molecule has 9 heteroatoms. The number of carbonyl (C=O) groups excluding carboxylic acids is 1. The molecular formula is C20H23ClN2O5S. The fourth-order valence-electron chi connectivity index (χ4n) is 2.85. The number of morpholine rings is 1. The van der Waals surface area contributed by atoms with Crippen molar-refractivity contribution >= 4 is 29.3 Å². The summed E-state index contributed by atoms with van der Waals surface area (Å²) in [5, 5.41) is 0.510. The Labute approximate surface area is 179 Å². The minimum absolute atomic E-state index is 0.0579. The fraction of sp³-hybridized carbons (Fsp3) is 0.400. The number of ether oxygens (including phenoxy) is 4. The summed E-state index contributed by atoms with van der Waals surface area (Å²) in [4.78, 5) is 19.4. The number of carbonyl (C=O) groups is 1. The van der Waals surface area contributed by atoms with E-state index in [-0.39, 0.29) is 12.0 Å². The first-order valence-corrected chi connectivity index (χ1v) is 10.4. The maximum atomic E-state index is 12.6. The van der Waals surface area contributed by atoms with Crippen LogP contribution < -0.4 is 14.2 Å². The van der Waals surface area contributed by atoms with Crippen molar-refractivity contribution in [1.29, 1.82) is 0 Å². The third kappa shape index (κ3) is 6.16. The van der Waals surface area contributed by atoms with Crippen LogP contribution in [0.1, 0.15) is 0 Å². The summed E-state index contributed by atoms with van der Waals surface area (Å²) in [6, 6.07) is 7.30. The molecule has 2 heterocycles. The second-order valence-corrected chi connectivity index (χ2v) is 7.77. The number of amides is 1. The number of methoxy groups -OCH3 is 2. The SMILES string of the molecule is COc1ccc(SCC(=O)N2CCOC(COc3cncc(Cl)c3)C2)cc1OC. The van der Waals surface area contributed by atoms with Crippen LogP contribution in [-0.2, 0) is 9.53 Å². The van der Waals surface area contributed by atoms with Gasteiger partial charge in [-0.3, -0.25) is 9.78 Å². The number of halogens is 1. The lowest BCUT2D eigenvalue weighted by atomic mass is 10.3. The molecule has 0 spiro atoms. The molecule has 1 aromatic heterocycles. The molecule has 3 rings (SSSR count). The van der Waals surface area contributed by atoms with E-state index in [0.717, 1.165) is 4.90 Å². The van der Waals surface area contributed by atoms with E-state index < -0.39 is 0 Å². The molecule has 156 valence electrons. The molecule has 0 aliphatic carbocycles. The molecule has 0 radical (unpaired) electrons. The first kappa shape index (κ1) is 21.5. The summed E-state index contributed by atoms with van der Waals surface area (Å²) in [5.74, 6) is 2.27. The van der Waals surface area contributed by atoms with Crippen molar-refractivity contribution < 1.29 is 23.7 Å². The summed E-state index contributed by atoms with van der Waals surface area (Å²) in [6.45, 7) is 1.86. The van der Waals surface area contributed by atoms with Crippen molar-refractivity contribution in [3.05, 3.63) is 41.7 Å².